The van der Waals surface area contributed by atoms with Crippen molar-refractivity contribution in [2.45, 2.75) is 28.8 Å². The van der Waals surface area contributed by atoms with Crippen molar-refractivity contribution in [3.63, 3.8) is 0 Å². The topological polar surface area (TPSA) is 110 Å². The number of alkyl halides is 2. The van der Waals surface area contributed by atoms with E-state index in [2.05, 4.69) is 14.7 Å². The van der Waals surface area contributed by atoms with Crippen LogP contribution in [0.15, 0.2) is 83.8 Å². The van der Waals surface area contributed by atoms with Gasteiger partial charge in [-0.1, -0.05) is 48.6 Å². The summed E-state index contributed by atoms with van der Waals surface area (Å²) < 4.78 is 58.8. The number of allylic oxidation sites excluding steroid dienone is 1. The fourth-order valence-corrected chi connectivity index (χ4v) is 7.49. The van der Waals surface area contributed by atoms with E-state index in [1.807, 2.05) is 30.4 Å². The molecule has 3 aromatic carbocycles. The van der Waals surface area contributed by atoms with E-state index >= 15 is 0 Å². The van der Waals surface area contributed by atoms with Gasteiger partial charge in [-0.15, -0.1) is 0 Å². The molecular formula is C31H30F2N2O6P2S. The molecule has 2 aliphatic rings. The van der Waals surface area contributed by atoms with Gasteiger partial charge in [-0.3, -0.25) is 19.1 Å². The number of methoxy groups -OCH3 is 1. The average molecular weight is 659 g/mol. The molecule has 8 nitrogen and oxygen atoms in total. The molecule has 44 heavy (non-hydrogen) atoms. The van der Waals surface area contributed by atoms with Crippen LogP contribution in [0.25, 0.3) is 0 Å². The van der Waals surface area contributed by atoms with Crippen molar-refractivity contribution in [3.8, 4) is 5.75 Å². The molecule has 13 heteroatoms. The summed E-state index contributed by atoms with van der Waals surface area (Å²) in [5, 5.41) is 3.03. The Kier molecular flexibility index (Phi) is 9.04. The Morgan fingerprint density at radius 2 is 1.80 bits per heavy atom. The predicted octanol–water partition coefficient (Wildman–Crippen LogP) is 5.04. The maximum absolute atomic E-state index is 13.8. The first-order valence-corrected chi connectivity index (χ1v) is 16.2. The van der Waals surface area contributed by atoms with Crippen molar-refractivity contribution in [1.82, 2.24) is 5.32 Å². The number of ether oxygens (including phenoxy) is 1. The lowest BCUT2D eigenvalue weighted by atomic mass is 9.87. The average Bonchev–Trinajstić information content (AvgIpc) is 3.62. The second-order valence-electron chi connectivity index (χ2n) is 10.8. The van der Waals surface area contributed by atoms with Crippen LogP contribution in [0.2, 0.25) is 0 Å². The standard InChI is InChI=1S/C31H30F2N2O6P2S/c1-41-26-12-9-18(13-19-5-2-3-6-22(19)17-36)14-25(26)29(37)34-28-21-11-10-20(15-21)27(28)30(38)35(43)23-7-4-8-24(16-23)44(39,40)31(32,33)42/h2-12,14,16-17,20-21,27-28H,13,15,42-43H2,1H3,(H,34,37)/t20-,21+,27+,28-/m1/s1. The Morgan fingerprint density at radius 1 is 1.07 bits per heavy atom. The van der Waals surface area contributed by atoms with Gasteiger partial charge in [0.2, 0.25) is 15.7 Å². The van der Waals surface area contributed by atoms with E-state index in [4.69, 9.17) is 4.74 Å². The minimum absolute atomic E-state index is 0.0946. The molecule has 0 heterocycles. The Labute approximate surface area is 258 Å². The zero-order valence-corrected chi connectivity index (χ0v) is 26.6. The molecule has 2 unspecified atom stereocenters. The molecule has 1 saturated carbocycles. The third-order valence-electron chi connectivity index (χ3n) is 8.13. The number of nitrogens with one attached hydrogen (secondary N) is 1. The molecule has 2 amide bonds. The highest BCUT2D eigenvalue weighted by Crippen LogP contribution is 2.46. The largest absolute Gasteiger partial charge is 0.496 e. The van der Waals surface area contributed by atoms with Crippen molar-refractivity contribution in [1.29, 1.82) is 0 Å². The lowest BCUT2D eigenvalue weighted by Crippen LogP contribution is -2.48. The number of hydrogen-bond acceptors (Lipinski definition) is 6. The van der Waals surface area contributed by atoms with Crippen LogP contribution < -0.4 is 14.7 Å². The first-order chi connectivity index (χ1) is 20.8. The van der Waals surface area contributed by atoms with Gasteiger partial charge >= 0.3 is 5.00 Å². The molecule has 230 valence electrons. The van der Waals surface area contributed by atoms with Gasteiger partial charge in [0.1, 0.15) is 12.0 Å². The quantitative estimate of drug-likeness (QED) is 0.186. The van der Waals surface area contributed by atoms with Crippen LogP contribution >= 0.6 is 18.6 Å². The number of rotatable bonds is 10. The molecule has 0 aromatic heterocycles. The van der Waals surface area contributed by atoms with Crippen LogP contribution in [0.1, 0.15) is 38.3 Å². The summed E-state index contributed by atoms with van der Waals surface area (Å²) in [6.07, 6.45) is 5.72. The lowest BCUT2D eigenvalue weighted by molar-refractivity contribution is -0.122. The summed E-state index contributed by atoms with van der Waals surface area (Å²) in [5.74, 6) is -1.51. The minimum Gasteiger partial charge on any atom is -0.496 e. The highest BCUT2D eigenvalue weighted by atomic mass is 32.2. The van der Waals surface area contributed by atoms with Crippen LogP contribution in [0.5, 0.6) is 5.75 Å². The number of carbonyl (C=O) groups excluding carboxylic acids is 3. The van der Waals surface area contributed by atoms with E-state index in [1.54, 1.807) is 24.3 Å². The second kappa shape index (κ2) is 12.5. The van der Waals surface area contributed by atoms with E-state index in [-0.39, 0.29) is 23.1 Å². The maximum Gasteiger partial charge on any atom is 0.359 e. The summed E-state index contributed by atoms with van der Waals surface area (Å²) in [7, 11) is -0.285. The summed E-state index contributed by atoms with van der Waals surface area (Å²) in [5.41, 5.74) is 2.51. The second-order valence-corrected chi connectivity index (χ2v) is 14.5. The van der Waals surface area contributed by atoms with E-state index in [9.17, 15) is 31.6 Å². The number of anilines is 1. The summed E-state index contributed by atoms with van der Waals surface area (Å²) >= 11 is 0. The molecule has 5 rings (SSSR count). The Bertz CT molecular complexity index is 1760. The molecule has 1 N–H and O–H groups in total. The van der Waals surface area contributed by atoms with Crippen LogP contribution in [0.4, 0.5) is 14.5 Å². The summed E-state index contributed by atoms with van der Waals surface area (Å²) in [6, 6.07) is 16.6. The third kappa shape index (κ3) is 6.06. The van der Waals surface area contributed by atoms with Crippen molar-refractivity contribution >= 4 is 52.3 Å². The number of hydrogen-bond donors (Lipinski definition) is 1. The molecule has 0 spiro atoms. The van der Waals surface area contributed by atoms with Crippen molar-refractivity contribution in [2.24, 2.45) is 17.8 Å². The highest BCUT2D eigenvalue weighted by Gasteiger charge is 2.50. The predicted molar refractivity (Wildman–Crippen MR) is 169 cm³/mol. The molecule has 2 aliphatic carbocycles. The van der Waals surface area contributed by atoms with Crippen molar-refractivity contribution in [2.75, 3.05) is 11.8 Å². The molecule has 0 saturated heterocycles. The number of halogens is 2. The molecule has 6 atom stereocenters. The molecule has 3 aromatic rings. The van der Waals surface area contributed by atoms with Gasteiger partial charge in [0.05, 0.1) is 23.5 Å². The van der Waals surface area contributed by atoms with Gasteiger partial charge in [-0.25, -0.2) is 8.42 Å². The van der Waals surface area contributed by atoms with Gasteiger partial charge in [-0.2, -0.15) is 8.78 Å². The number of fused-ring (bicyclic) bond motifs is 2. The van der Waals surface area contributed by atoms with Gasteiger partial charge in [0.15, 0.2) is 0 Å². The number of carbonyl (C=O) groups is 3. The fraction of sp³-hybridized carbons (Fsp3) is 0.258. The fourth-order valence-electron chi connectivity index (χ4n) is 5.90. The molecule has 0 radical (unpaired) electrons. The Balaban J connectivity index is 1.39. The normalized spacial score (nSPS) is 20.8. The molecule has 1 fully saturated rings. The van der Waals surface area contributed by atoms with Crippen molar-refractivity contribution < 1.29 is 36.3 Å². The van der Waals surface area contributed by atoms with Gasteiger partial charge in [-0.05, 0) is 84.8 Å². The van der Waals surface area contributed by atoms with Crippen molar-refractivity contribution in [3.05, 3.63) is 101 Å². The molecule has 2 bridgehead atoms. The third-order valence-corrected chi connectivity index (χ3v) is 11.2. The van der Waals surface area contributed by atoms with Crippen LogP contribution in [-0.4, -0.2) is 44.7 Å². The maximum atomic E-state index is 13.8. The van der Waals surface area contributed by atoms with E-state index in [0.29, 0.717) is 24.2 Å². The number of amides is 2. The summed E-state index contributed by atoms with van der Waals surface area (Å²) in [6.45, 7) is 0. The molecule has 0 aliphatic heterocycles. The smallest absolute Gasteiger partial charge is 0.359 e. The lowest BCUT2D eigenvalue weighted by Gasteiger charge is -2.31. The molecular weight excluding hydrogens is 628 g/mol. The Morgan fingerprint density at radius 3 is 2.50 bits per heavy atom. The van der Waals surface area contributed by atoms with E-state index < -0.39 is 43.5 Å². The number of sulfone groups is 1. The summed E-state index contributed by atoms with van der Waals surface area (Å²) in [4.78, 5) is 34.3. The van der Waals surface area contributed by atoms with Gasteiger partial charge in [0, 0.05) is 17.3 Å². The first-order valence-electron chi connectivity index (χ1n) is 13.6. The first kappa shape index (κ1) is 31.9. The minimum atomic E-state index is -4.99. The number of aldehydes is 1. The van der Waals surface area contributed by atoms with Crippen LogP contribution in [0, 0.1) is 17.8 Å². The van der Waals surface area contributed by atoms with Gasteiger partial charge < -0.3 is 10.1 Å². The van der Waals surface area contributed by atoms with Gasteiger partial charge in [0.25, 0.3) is 5.91 Å². The number of nitrogens with zero attached hydrogens (tertiary/aromatic N) is 1. The zero-order valence-electron chi connectivity index (χ0n) is 23.5. The van der Waals surface area contributed by atoms with Crippen LogP contribution in [0.3, 0.4) is 0 Å². The zero-order chi connectivity index (χ0) is 31.8. The SMILES string of the molecule is COc1ccc(Cc2ccccc2C=O)cc1C(=O)N[C@H]1[C@@H](C(=O)N(P)c2cccc(S(=O)(=O)C(F)(F)P)c2)[C@@H]2C=C[C@H]1C2. The monoisotopic (exact) mass is 658 g/mol. The van der Waals surface area contributed by atoms with E-state index in [0.717, 1.165) is 43.5 Å². The Hall–Kier alpha value is -3.52. The van der Waals surface area contributed by atoms with E-state index in [1.165, 1.54) is 19.2 Å². The number of benzene rings is 3. The van der Waals surface area contributed by atoms with Crippen LogP contribution in [-0.2, 0) is 21.1 Å². The highest BCUT2D eigenvalue weighted by molar-refractivity contribution is 7.96.